The molecule has 20 heavy (non-hydrogen) atoms. The summed E-state index contributed by atoms with van der Waals surface area (Å²) in [6.45, 7) is 1.75. The molecule has 0 unspecified atom stereocenters. The van der Waals surface area contributed by atoms with Gasteiger partial charge in [0, 0.05) is 24.3 Å². The van der Waals surface area contributed by atoms with Gasteiger partial charge in [0.1, 0.15) is 0 Å². The average molecular weight is 295 g/mol. The van der Waals surface area contributed by atoms with Gasteiger partial charge in [-0.25, -0.2) is 0 Å². The second-order valence-corrected chi connectivity index (χ2v) is 3.61. The molecule has 4 N–H and O–H groups in total. The summed E-state index contributed by atoms with van der Waals surface area (Å²) in [5.74, 6) is -0.867. The molecule has 0 spiro atoms. The molecule has 2 aromatic heterocycles. The molecule has 0 aliphatic rings. The van der Waals surface area contributed by atoms with Crippen molar-refractivity contribution in [3.63, 3.8) is 0 Å². The molecule has 2 rings (SSSR count). The quantitative estimate of drug-likeness (QED) is 0.863. The van der Waals surface area contributed by atoms with Gasteiger partial charge >= 0.3 is 0 Å². The molecular formula is C13H15ClN4O2. The van der Waals surface area contributed by atoms with E-state index < -0.39 is 11.8 Å². The highest BCUT2D eigenvalue weighted by Gasteiger charge is 2.02. The van der Waals surface area contributed by atoms with Gasteiger partial charge in [0.05, 0.1) is 11.1 Å². The van der Waals surface area contributed by atoms with Crippen LogP contribution >= 0.6 is 12.4 Å². The largest absolute Gasteiger partial charge is 0.366 e. The minimum atomic E-state index is -0.442. The normalized spacial score (nSPS) is 8.65. The zero-order valence-corrected chi connectivity index (χ0v) is 11.6. The molecule has 0 radical (unpaired) electrons. The number of nitrogens with two attached hydrogens (primary N) is 2. The fourth-order valence-corrected chi connectivity index (χ4v) is 1.25. The zero-order valence-electron chi connectivity index (χ0n) is 10.8. The fourth-order valence-electron chi connectivity index (χ4n) is 1.25. The fraction of sp³-hybridized carbons (Fsp3) is 0.0769. The number of aromatic nitrogens is 2. The van der Waals surface area contributed by atoms with E-state index in [4.69, 9.17) is 11.5 Å². The topological polar surface area (TPSA) is 112 Å². The summed E-state index contributed by atoms with van der Waals surface area (Å²) in [6, 6.07) is 6.63. The van der Waals surface area contributed by atoms with Gasteiger partial charge in [0.2, 0.25) is 5.91 Å². The molecule has 2 amide bonds. The van der Waals surface area contributed by atoms with Crippen molar-refractivity contribution in [1.29, 1.82) is 0 Å². The molecule has 2 heterocycles. The minimum absolute atomic E-state index is 0. The molecule has 0 aliphatic heterocycles. The van der Waals surface area contributed by atoms with Crippen LogP contribution in [-0.4, -0.2) is 21.8 Å². The molecule has 6 nitrogen and oxygen atoms in total. The Morgan fingerprint density at radius 3 is 2.05 bits per heavy atom. The second-order valence-electron chi connectivity index (χ2n) is 3.61. The summed E-state index contributed by atoms with van der Waals surface area (Å²) in [7, 11) is 0. The molecule has 0 aromatic carbocycles. The van der Waals surface area contributed by atoms with E-state index in [0.717, 1.165) is 0 Å². The number of hydrogen-bond acceptors (Lipinski definition) is 4. The maximum Gasteiger partial charge on any atom is 0.250 e. The number of nitrogens with zero attached hydrogens (tertiary/aromatic N) is 2. The van der Waals surface area contributed by atoms with E-state index >= 15 is 0 Å². The highest BCUT2D eigenvalue weighted by Crippen LogP contribution is 2.00. The standard InChI is InChI=1S/C7H8N2O.C6H6N2O.ClH/c1-5-6(7(8)10)3-2-4-9-5;7-6(9)5-2-1-3-8-4-5;/h2-4H,1H3,(H2,8,10);1-4H,(H2,7,9);1H. The van der Waals surface area contributed by atoms with Gasteiger partial charge < -0.3 is 11.5 Å². The summed E-state index contributed by atoms with van der Waals surface area (Å²) in [6.07, 6.45) is 4.65. The average Bonchev–Trinajstić information content (AvgIpc) is 2.40. The van der Waals surface area contributed by atoms with Crippen molar-refractivity contribution < 1.29 is 9.59 Å². The first-order valence-corrected chi connectivity index (χ1v) is 5.43. The lowest BCUT2D eigenvalue weighted by Crippen LogP contribution is -2.12. The van der Waals surface area contributed by atoms with E-state index in [2.05, 4.69) is 9.97 Å². The van der Waals surface area contributed by atoms with Gasteiger partial charge in [-0.2, -0.15) is 0 Å². The lowest BCUT2D eigenvalue weighted by atomic mass is 10.2. The number of carbonyl (C=O) groups is 2. The van der Waals surface area contributed by atoms with Crippen LogP contribution in [-0.2, 0) is 0 Å². The molecule has 7 heteroatoms. The van der Waals surface area contributed by atoms with Gasteiger partial charge in [-0.05, 0) is 31.2 Å². The van der Waals surface area contributed by atoms with E-state index in [1.807, 2.05) is 0 Å². The molecule has 0 atom stereocenters. The van der Waals surface area contributed by atoms with Crippen molar-refractivity contribution in [1.82, 2.24) is 9.97 Å². The van der Waals surface area contributed by atoms with Crippen molar-refractivity contribution in [3.8, 4) is 0 Å². The van der Waals surface area contributed by atoms with Gasteiger partial charge in [-0.1, -0.05) is 0 Å². The number of halogens is 1. The molecule has 0 saturated carbocycles. The predicted molar refractivity (Wildman–Crippen MR) is 77.5 cm³/mol. The molecule has 0 saturated heterocycles. The van der Waals surface area contributed by atoms with Crippen LogP contribution < -0.4 is 11.5 Å². The minimum Gasteiger partial charge on any atom is -0.366 e. The van der Waals surface area contributed by atoms with Gasteiger partial charge in [0.25, 0.3) is 5.91 Å². The first-order valence-electron chi connectivity index (χ1n) is 5.43. The molecule has 0 bridgehead atoms. The first kappa shape index (κ1) is 17.5. The Bertz CT molecular complexity index is 576. The Morgan fingerprint density at radius 2 is 1.70 bits per heavy atom. The van der Waals surface area contributed by atoms with E-state index in [1.54, 1.807) is 43.6 Å². The number of hydrogen-bond donors (Lipinski definition) is 2. The Kier molecular flexibility index (Phi) is 7.54. The molecule has 0 aliphatic carbocycles. The van der Waals surface area contributed by atoms with E-state index in [1.165, 1.54) is 6.20 Å². The van der Waals surface area contributed by atoms with Crippen LogP contribution in [0.15, 0.2) is 42.9 Å². The number of aryl methyl sites for hydroxylation is 1. The van der Waals surface area contributed by atoms with Gasteiger partial charge in [-0.3, -0.25) is 19.6 Å². The Labute approximate surface area is 122 Å². The summed E-state index contributed by atoms with van der Waals surface area (Å²) >= 11 is 0. The van der Waals surface area contributed by atoms with Crippen molar-refractivity contribution in [2.45, 2.75) is 6.92 Å². The molecular weight excluding hydrogens is 280 g/mol. The van der Waals surface area contributed by atoms with E-state index in [0.29, 0.717) is 16.8 Å². The third kappa shape index (κ3) is 5.45. The SMILES string of the molecule is Cc1ncccc1C(N)=O.Cl.NC(=O)c1cccnc1. The van der Waals surface area contributed by atoms with Gasteiger partial charge in [-0.15, -0.1) is 12.4 Å². The Morgan fingerprint density at radius 1 is 1.05 bits per heavy atom. The Balaban J connectivity index is 0.000000345. The maximum atomic E-state index is 10.6. The van der Waals surface area contributed by atoms with E-state index in [9.17, 15) is 9.59 Å². The zero-order chi connectivity index (χ0) is 14.3. The third-order valence-corrected chi connectivity index (χ3v) is 2.22. The maximum absolute atomic E-state index is 10.6. The third-order valence-electron chi connectivity index (χ3n) is 2.22. The Hall–Kier alpha value is -2.47. The van der Waals surface area contributed by atoms with Crippen LogP contribution in [0.25, 0.3) is 0 Å². The summed E-state index contributed by atoms with van der Waals surface area (Å²) in [5, 5.41) is 0. The lowest BCUT2D eigenvalue weighted by molar-refractivity contribution is 0.0991. The van der Waals surface area contributed by atoms with Crippen molar-refractivity contribution in [3.05, 3.63) is 59.7 Å². The smallest absolute Gasteiger partial charge is 0.250 e. The van der Waals surface area contributed by atoms with Crippen LogP contribution in [0.2, 0.25) is 0 Å². The number of rotatable bonds is 2. The highest BCUT2D eigenvalue weighted by molar-refractivity contribution is 5.93. The van der Waals surface area contributed by atoms with Gasteiger partial charge in [0.15, 0.2) is 0 Å². The molecule has 0 fully saturated rings. The molecule has 106 valence electrons. The number of pyridine rings is 2. The van der Waals surface area contributed by atoms with E-state index in [-0.39, 0.29) is 12.4 Å². The number of amides is 2. The summed E-state index contributed by atoms with van der Waals surface area (Å²) < 4.78 is 0. The monoisotopic (exact) mass is 294 g/mol. The predicted octanol–water partition coefficient (Wildman–Crippen LogP) is 1.09. The van der Waals surface area contributed by atoms with Crippen LogP contribution in [0.1, 0.15) is 26.4 Å². The molecule has 2 aromatic rings. The first-order chi connectivity index (χ1) is 9.02. The second kappa shape index (κ2) is 8.60. The summed E-state index contributed by atoms with van der Waals surface area (Å²) in [4.78, 5) is 28.6. The van der Waals surface area contributed by atoms with Crippen molar-refractivity contribution in [2.75, 3.05) is 0 Å². The van der Waals surface area contributed by atoms with Crippen LogP contribution in [0.3, 0.4) is 0 Å². The van der Waals surface area contributed by atoms with Crippen molar-refractivity contribution >= 4 is 24.2 Å². The van der Waals surface area contributed by atoms with Crippen LogP contribution in [0.4, 0.5) is 0 Å². The summed E-state index contributed by atoms with van der Waals surface area (Å²) in [5.41, 5.74) is 11.6. The van der Waals surface area contributed by atoms with Crippen LogP contribution in [0, 0.1) is 6.92 Å². The number of primary amides is 2. The van der Waals surface area contributed by atoms with Crippen molar-refractivity contribution in [2.24, 2.45) is 11.5 Å². The highest BCUT2D eigenvalue weighted by atomic mass is 35.5. The number of carbonyl (C=O) groups excluding carboxylic acids is 2. The lowest BCUT2D eigenvalue weighted by Gasteiger charge is -1.96. The van der Waals surface area contributed by atoms with Crippen LogP contribution in [0.5, 0.6) is 0 Å².